The molecule has 0 heterocycles. The van der Waals surface area contributed by atoms with E-state index in [9.17, 15) is 0 Å². The van der Waals surface area contributed by atoms with E-state index in [1.165, 1.54) is 25.7 Å². The molecule has 0 nitrogen and oxygen atoms in total. The molecule has 2 aliphatic rings. The molecule has 0 N–H and O–H groups in total. The SMILES string of the molecule is C=P(C)(C1CC1)C1CC1. The van der Waals surface area contributed by atoms with Gasteiger partial charge in [0.15, 0.2) is 0 Å². The van der Waals surface area contributed by atoms with E-state index in [4.69, 9.17) is 0 Å². The maximum absolute atomic E-state index is 4.41. The van der Waals surface area contributed by atoms with Gasteiger partial charge in [-0.1, -0.05) is 0 Å². The fourth-order valence-electron chi connectivity index (χ4n) is 1.63. The van der Waals surface area contributed by atoms with Gasteiger partial charge in [-0.3, -0.25) is 0 Å². The Morgan fingerprint density at radius 3 is 1.67 bits per heavy atom. The van der Waals surface area contributed by atoms with Crippen molar-refractivity contribution in [3.05, 3.63) is 0 Å². The molecule has 0 aromatic carbocycles. The molecular formula is C8H15P. The molecule has 9 heavy (non-hydrogen) atoms. The molecule has 0 aliphatic heterocycles. The van der Waals surface area contributed by atoms with Crippen LogP contribution in [0.25, 0.3) is 0 Å². The van der Waals surface area contributed by atoms with Gasteiger partial charge in [0.1, 0.15) is 0 Å². The average Bonchev–Trinajstić information content (AvgIpc) is 2.62. The zero-order valence-electron chi connectivity index (χ0n) is 6.14. The Labute approximate surface area is 57.6 Å². The van der Waals surface area contributed by atoms with Crippen LogP contribution in [0.1, 0.15) is 25.7 Å². The van der Waals surface area contributed by atoms with Crippen LogP contribution in [0, 0.1) is 0 Å². The lowest BCUT2D eigenvalue weighted by atomic mass is 10.9. The van der Waals surface area contributed by atoms with Crippen LogP contribution in [0.15, 0.2) is 0 Å². The molecule has 0 unspecified atom stereocenters. The maximum Gasteiger partial charge on any atom is -0.0215 e. The van der Waals surface area contributed by atoms with Gasteiger partial charge in [0.25, 0.3) is 0 Å². The topological polar surface area (TPSA) is 0 Å². The van der Waals surface area contributed by atoms with Crippen LogP contribution in [0.4, 0.5) is 0 Å². The van der Waals surface area contributed by atoms with Crippen molar-refractivity contribution in [1.82, 2.24) is 0 Å². The fourth-order valence-corrected chi connectivity index (χ4v) is 4.88. The van der Waals surface area contributed by atoms with Crippen molar-refractivity contribution in [2.75, 3.05) is 6.66 Å². The summed E-state index contributed by atoms with van der Waals surface area (Å²) < 4.78 is 0. The summed E-state index contributed by atoms with van der Waals surface area (Å²) in [6.45, 7) is 1.85. The van der Waals surface area contributed by atoms with Crippen LogP contribution in [0.3, 0.4) is 0 Å². The van der Waals surface area contributed by atoms with Crippen molar-refractivity contribution < 1.29 is 0 Å². The standard InChI is InChI=1S/C8H15P/c1-9(2,7-3-4-7)8-5-6-8/h7-8H,1,3-6H2,2H3. The van der Waals surface area contributed by atoms with E-state index in [1.807, 2.05) is 0 Å². The van der Waals surface area contributed by atoms with Gasteiger partial charge in [-0.2, -0.15) is 0 Å². The minimum absolute atomic E-state index is 0.614. The van der Waals surface area contributed by atoms with Crippen molar-refractivity contribution in [3.63, 3.8) is 0 Å². The molecule has 2 fully saturated rings. The minimum atomic E-state index is -0.614. The third-order valence-electron chi connectivity index (χ3n) is 2.76. The largest absolute Gasteiger partial charge is 0.109 e. The Morgan fingerprint density at radius 2 is 1.44 bits per heavy atom. The molecule has 0 saturated heterocycles. The van der Waals surface area contributed by atoms with Gasteiger partial charge >= 0.3 is 0 Å². The second kappa shape index (κ2) is 1.66. The molecule has 52 valence electrons. The van der Waals surface area contributed by atoms with Crippen molar-refractivity contribution in [2.45, 2.75) is 37.0 Å². The summed E-state index contributed by atoms with van der Waals surface area (Å²) in [4.78, 5) is 0. The van der Waals surface area contributed by atoms with E-state index >= 15 is 0 Å². The Bertz CT molecular complexity index is 147. The van der Waals surface area contributed by atoms with E-state index in [1.54, 1.807) is 0 Å². The van der Waals surface area contributed by atoms with Gasteiger partial charge in [-0.25, -0.2) is 0 Å². The second-order valence-electron chi connectivity index (χ2n) is 3.81. The van der Waals surface area contributed by atoms with Gasteiger partial charge in [0, 0.05) is 0 Å². The molecule has 0 bridgehead atoms. The van der Waals surface area contributed by atoms with Gasteiger partial charge in [0.2, 0.25) is 0 Å². The van der Waals surface area contributed by atoms with E-state index in [-0.39, 0.29) is 0 Å². The van der Waals surface area contributed by atoms with E-state index in [0.29, 0.717) is 0 Å². The van der Waals surface area contributed by atoms with Crippen molar-refractivity contribution in [3.8, 4) is 0 Å². The minimum Gasteiger partial charge on any atom is -0.109 e. The second-order valence-corrected chi connectivity index (χ2v) is 7.96. The summed E-state index contributed by atoms with van der Waals surface area (Å²) in [7, 11) is 0. The first-order valence-electron chi connectivity index (χ1n) is 3.91. The summed E-state index contributed by atoms with van der Waals surface area (Å²) in [6.07, 6.45) is 10.4. The Morgan fingerprint density at radius 1 is 1.11 bits per heavy atom. The molecule has 2 rings (SSSR count). The fraction of sp³-hybridized carbons (Fsp3) is 0.875. The van der Waals surface area contributed by atoms with Gasteiger partial charge < -0.3 is 0 Å². The molecule has 0 aromatic heterocycles. The first kappa shape index (κ1) is 6.04. The average molecular weight is 142 g/mol. The third kappa shape index (κ3) is 0.984. The first-order valence-corrected chi connectivity index (χ1v) is 6.47. The van der Waals surface area contributed by atoms with Crippen LogP contribution >= 0.6 is 6.89 Å². The summed E-state index contributed by atoms with van der Waals surface area (Å²) in [6, 6.07) is 0. The van der Waals surface area contributed by atoms with Crippen LogP contribution in [0.5, 0.6) is 0 Å². The number of hydrogen-bond acceptors (Lipinski definition) is 0. The lowest BCUT2D eigenvalue weighted by Gasteiger charge is -2.16. The number of rotatable bonds is 2. The van der Waals surface area contributed by atoms with E-state index in [0.717, 1.165) is 11.3 Å². The molecule has 0 aromatic rings. The zero-order chi connectivity index (χ0) is 6.48. The maximum atomic E-state index is 4.41. The molecule has 1 heteroatoms. The summed E-state index contributed by atoms with van der Waals surface area (Å²) in [5.41, 5.74) is 2.20. The van der Waals surface area contributed by atoms with Gasteiger partial charge in [-0.05, 0) is 43.7 Å². The van der Waals surface area contributed by atoms with E-state index < -0.39 is 6.89 Å². The highest BCUT2D eigenvalue weighted by Crippen LogP contribution is 2.67. The normalized spacial score (nSPS) is 28.6. The van der Waals surface area contributed by atoms with Gasteiger partial charge in [-0.15, -0.1) is 13.2 Å². The third-order valence-corrected chi connectivity index (χ3v) is 7.13. The summed E-state index contributed by atoms with van der Waals surface area (Å²) in [5, 5.41) is 0. The summed E-state index contributed by atoms with van der Waals surface area (Å²) in [5.74, 6) is 0. The number of hydrogen-bond donors (Lipinski definition) is 0. The van der Waals surface area contributed by atoms with Crippen LogP contribution in [-0.2, 0) is 0 Å². The van der Waals surface area contributed by atoms with Crippen molar-refractivity contribution in [1.29, 1.82) is 0 Å². The quantitative estimate of drug-likeness (QED) is 0.519. The van der Waals surface area contributed by atoms with Gasteiger partial charge in [0.05, 0.1) is 0 Å². The molecule has 0 amide bonds. The molecule has 0 spiro atoms. The predicted octanol–water partition coefficient (Wildman–Crippen LogP) is 2.39. The molecule has 2 saturated carbocycles. The monoisotopic (exact) mass is 142 g/mol. The lowest BCUT2D eigenvalue weighted by molar-refractivity contribution is 1.37. The zero-order valence-corrected chi connectivity index (χ0v) is 7.03. The highest BCUT2D eigenvalue weighted by atomic mass is 31.2. The molecule has 0 atom stereocenters. The first-order chi connectivity index (χ1) is 4.21. The molecule has 2 aliphatic carbocycles. The van der Waals surface area contributed by atoms with Crippen LogP contribution in [-0.4, -0.2) is 24.3 Å². The van der Waals surface area contributed by atoms with Crippen molar-refractivity contribution >= 4 is 13.2 Å². The smallest absolute Gasteiger partial charge is 0.0215 e. The van der Waals surface area contributed by atoms with Crippen LogP contribution in [0.2, 0.25) is 0 Å². The summed E-state index contributed by atoms with van der Waals surface area (Å²) >= 11 is 0. The van der Waals surface area contributed by atoms with Crippen molar-refractivity contribution in [2.24, 2.45) is 0 Å². The van der Waals surface area contributed by atoms with Crippen LogP contribution < -0.4 is 0 Å². The Balaban J connectivity index is 2.10. The van der Waals surface area contributed by atoms with E-state index in [2.05, 4.69) is 13.0 Å². The highest BCUT2D eigenvalue weighted by Gasteiger charge is 2.41. The predicted molar refractivity (Wildman–Crippen MR) is 46.0 cm³/mol. The molecule has 0 radical (unpaired) electrons. The molecular weight excluding hydrogens is 127 g/mol. The Hall–Kier alpha value is 0.300. The Kier molecular flexibility index (Phi) is 1.12. The highest BCUT2D eigenvalue weighted by molar-refractivity contribution is 7.74. The lowest BCUT2D eigenvalue weighted by Crippen LogP contribution is -1.92.